The molecule has 0 unspecified atom stereocenters. The Balaban J connectivity index is 1.89. The number of hydrogen-bond acceptors (Lipinski definition) is 5. The zero-order valence-corrected chi connectivity index (χ0v) is 15.6. The quantitative estimate of drug-likeness (QED) is 0.648. The van der Waals surface area contributed by atoms with E-state index in [0.717, 1.165) is 0 Å². The molecule has 0 aliphatic heterocycles. The van der Waals surface area contributed by atoms with Gasteiger partial charge in [-0.25, -0.2) is 9.97 Å². The van der Waals surface area contributed by atoms with Crippen molar-refractivity contribution >= 4 is 46.3 Å². The van der Waals surface area contributed by atoms with Gasteiger partial charge in [0.2, 0.25) is 0 Å². The number of halogens is 2. The molecule has 134 valence electrons. The minimum Gasteiger partial charge on any atom is -0.339 e. The molecule has 8 heteroatoms. The van der Waals surface area contributed by atoms with Crippen LogP contribution in [0, 0.1) is 18.3 Å². The molecule has 3 aromatic rings. The van der Waals surface area contributed by atoms with Crippen LogP contribution in [-0.4, -0.2) is 15.9 Å². The Hall–Kier alpha value is -3.14. The molecular formula is C19H13Cl2N5O. The maximum absolute atomic E-state index is 12.6. The Kier molecular flexibility index (Phi) is 5.55. The van der Waals surface area contributed by atoms with Crippen LogP contribution in [0.4, 0.5) is 17.2 Å². The van der Waals surface area contributed by atoms with Crippen LogP contribution in [0.1, 0.15) is 21.9 Å². The molecule has 0 atom stereocenters. The van der Waals surface area contributed by atoms with Gasteiger partial charge in [0.25, 0.3) is 5.91 Å². The summed E-state index contributed by atoms with van der Waals surface area (Å²) in [5.41, 5.74) is 1.49. The van der Waals surface area contributed by atoms with E-state index in [9.17, 15) is 10.1 Å². The molecule has 0 saturated heterocycles. The fourth-order valence-electron chi connectivity index (χ4n) is 2.37. The van der Waals surface area contributed by atoms with E-state index in [4.69, 9.17) is 23.2 Å². The highest BCUT2D eigenvalue weighted by Crippen LogP contribution is 2.30. The number of aromatic nitrogens is 2. The van der Waals surface area contributed by atoms with Crippen molar-refractivity contribution in [1.29, 1.82) is 5.26 Å². The highest BCUT2D eigenvalue weighted by Gasteiger charge is 2.15. The number of benzene rings is 2. The van der Waals surface area contributed by atoms with Crippen LogP contribution in [0.15, 0.2) is 48.5 Å². The highest BCUT2D eigenvalue weighted by molar-refractivity contribution is 6.40. The minimum atomic E-state index is -0.480. The number of anilines is 3. The number of rotatable bonds is 4. The number of amides is 1. The smallest absolute Gasteiger partial charge is 0.274 e. The first-order valence-corrected chi connectivity index (χ1v) is 8.60. The normalized spacial score (nSPS) is 10.1. The van der Waals surface area contributed by atoms with Crippen LogP contribution in [0.3, 0.4) is 0 Å². The van der Waals surface area contributed by atoms with Crippen molar-refractivity contribution in [3.8, 4) is 6.07 Å². The van der Waals surface area contributed by atoms with Crippen molar-refractivity contribution in [2.24, 2.45) is 0 Å². The molecule has 2 N–H and O–H groups in total. The third-order valence-electron chi connectivity index (χ3n) is 3.58. The van der Waals surface area contributed by atoms with Gasteiger partial charge in [-0.3, -0.25) is 4.79 Å². The summed E-state index contributed by atoms with van der Waals surface area (Å²) >= 11 is 12.2. The van der Waals surface area contributed by atoms with Gasteiger partial charge in [-0.1, -0.05) is 41.4 Å². The Bertz CT molecular complexity index is 1040. The number of para-hydroxylation sites is 2. The molecule has 0 spiro atoms. The lowest BCUT2D eigenvalue weighted by molar-refractivity contribution is 0.102. The van der Waals surface area contributed by atoms with Gasteiger partial charge in [-0.15, -0.1) is 0 Å². The molecule has 0 radical (unpaired) electrons. The van der Waals surface area contributed by atoms with E-state index in [2.05, 4.69) is 26.7 Å². The SMILES string of the molecule is Cc1nc(Nc2ccccc2C#N)cc(C(=O)Nc2c(Cl)cccc2Cl)n1. The van der Waals surface area contributed by atoms with Gasteiger partial charge in [-0.2, -0.15) is 5.26 Å². The summed E-state index contributed by atoms with van der Waals surface area (Å²) in [6.45, 7) is 1.67. The minimum absolute atomic E-state index is 0.135. The molecule has 3 rings (SSSR count). The van der Waals surface area contributed by atoms with Crippen LogP contribution < -0.4 is 10.6 Å². The summed E-state index contributed by atoms with van der Waals surface area (Å²) in [6, 6.07) is 15.5. The molecule has 1 amide bonds. The summed E-state index contributed by atoms with van der Waals surface area (Å²) < 4.78 is 0. The van der Waals surface area contributed by atoms with E-state index in [1.807, 2.05) is 0 Å². The lowest BCUT2D eigenvalue weighted by Crippen LogP contribution is -2.16. The second-order valence-corrected chi connectivity index (χ2v) is 6.33. The maximum Gasteiger partial charge on any atom is 0.274 e. The standard InChI is InChI=1S/C19H13Cl2N5O/c1-11-23-16(19(27)26-18-13(20)6-4-7-14(18)21)9-17(24-11)25-15-8-3-2-5-12(15)10-22/h2-9H,1H3,(H,26,27)(H,23,24,25). The van der Waals surface area contributed by atoms with Gasteiger partial charge in [0.1, 0.15) is 23.4 Å². The molecule has 0 aliphatic carbocycles. The number of carbonyl (C=O) groups excluding carboxylic acids is 1. The summed E-state index contributed by atoms with van der Waals surface area (Å²) in [4.78, 5) is 21.0. The maximum atomic E-state index is 12.6. The van der Waals surface area contributed by atoms with E-state index in [0.29, 0.717) is 38.6 Å². The van der Waals surface area contributed by atoms with Crippen molar-refractivity contribution in [2.75, 3.05) is 10.6 Å². The van der Waals surface area contributed by atoms with Crippen molar-refractivity contribution in [3.05, 3.63) is 75.7 Å². The average molecular weight is 398 g/mol. The summed E-state index contributed by atoms with van der Waals surface area (Å²) in [6.07, 6.45) is 0. The molecule has 2 aromatic carbocycles. The Morgan fingerprint density at radius 2 is 1.78 bits per heavy atom. The lowest BCUT2D eigenvalue weighted by Gasteiger charge is -2.11. The second-order valence-electron chi connectivity index (χ2n) is 5.52. The van der Waals surface area contributed by atoms with E-state index in [1.165, 1.54) is 6.07 Å². The average Bonchev–Trinajstić information content (AvgIpc) is 2.64. The van der Waals surface area contributed by atoms with E-state index in [1.54, 1.807) is 49.4 Å². The van der Waals surface area contributed by atoms with Gasteiger partial charge in [0, 0.05) is 6.07 Å². The van der Waals surface area contributed by atoms with E-state index in [-0.39, 0.29) is 5.69 Å². The molecular weight excluding hydrogens is 385 g/mol. The van der Waals surface area contributed by atoms with Gasteiger partial charge in [0.05, 0.1) is 27.0 Å². The third kappa shape index (κ3) is 4.34. The molecule has 0 saturated carbocycles. The summed E-state index contributed by atoms with van der Waals surface area (Å²) in [5, 5.41) is 15.5. The summed E-state index contributed by atoms with van der Waals surface area (Å²) in [5.74, 6) is 0.303. The fourth-order valence-corrected chi connectivity index (χ4v) is 2.86. The first-order chi connectivity index (χ1) is 13.0. The largest absolute Gasteiger partial charge is 0.339 e. The fraction of sp³-hybridized carbons (Fsp3) is 0.0526. The van der Waals surface area contributed by atoms with Gasteiger partial charge in [-0.05, 0) is 31.2 Å². The van der Waals surface area contributed by atoms with Gasteiger partial charge in [0.15, 0.2) is 0 Å². The first-order valence-electron chi connectivity index (χ1n) is 7.85. The van der Waals surface area contributed by atoms with Crippen LogP contribution in [0.2, 0.25) is 10.0 Å². The topological polar surface area (TPSA) is 90.7 Å². The van der Waals surface area contributed by atoms with Crippen molar-refractivity contribution < 1.29 is 4.79 Å². The molecule has 1 heterocycles. The van der Waals surface area contributed by atoms with Crippen molar-refractivity contribution in [2.45, 2.75) is 6.92 Å². The predicted molar refractivity (Wildman–Crippen MR) is 106 cm³/mol. The zero-order valence-electron chi connectivity index (χ0n) is 14.1. The number of hydrogen-bond donors (Lipinski definition) is 2. The number of nitrogens with zero attached hydrogens (tertiary/aromatic N) is 3. The number of nitriles is 1. The summed E-state index contributed by atoms with van der Waals surface area (Å²) in [7, 11) is 0. The van der Waals surface area contributed by atoms with Crippen LogP contribution in [0.25, 0.3) is 0 Å². The van der Waals surface area contributed by atoms with Crippen LogP contribution in [0.5, 0.6) is 0 Å². The van der Waals surface area contributed by atoms with E-state index >= 15 is 0 Å². The van der Waals surface area contributed by atoms with Gasteiger partial charge < -0.3 is 10.6 Å². The third-order valence-corrected chi connectivity index (χ3v) is 4.21. The Labute approximate surface area is 165 Å². The van der Waals surface area contributed by atoms with Gasteiger partial charge >= 0.3 is 0 Å². The zero-order chi connectivity index (χ0) is 19.4. The molecule has 27 heavy (non-hydrogen) atoms. The van der Waals surface area contributed by atoms with Crippen LogP contribution in [-0.2, 0) is 0 Å². The first kappa shape index (κ1) is 18.6. The molecule has 0 fully saturated rings. The molecule has 6 nitrogen and oxygen atoms in total. The monoisotopic (exact) mass is 397 g/mol. The Morgan fingerprint density at radius 1 is 1.07 bits per heavy atom. The lowest BCUT2D eigenvalue weighted by atomic mass is 10.2. The van der Waals surface area contributed by atoms with Crippen LogP contribution >= 0.6 is 23.2 Å². The molecule has 1 aromatic heterocycles. The second kappa shape index (κ2) is 8.04. The number of aryl methyl sites for hydroxylation is 1. The molecule has 0 aliphatic rings. The predicted octanol–water partition coefficient (Wildman–Crippen LogP) is 4.96. The van der Waals surface area contributed by atoms with Crippen molar-refractivity contribution in [1.82, 2.24) is 9.97 Å². The van der Waals surface area contributed by atoms with E-state index < -0.39 is 5.91 Å². The molecule has 0 bridgehead atoms. The van der Waals surface area contributed by atoms with Crippen molar-refractivity contribution in [3.63, 3.8) is 0 Å². The Morgan fingerprint density at radius 3 is 2.48 bits per heavy atom. The number of nitrogens with one attached hydrogen (secondary N) is 2. The highest BCUT2D eigenvalue weighted by atomic mass is 35.5. The number of carbonyl (C=O) groups is 1.